The standard InChI is InChI=1S/C13H11N3O4S/c1-2-3-9(13(19)20)15-10(17)6-16-7-14-11-8(12(16)18)4-5-21-11/h1,4-5,7,9H,3,6H2,(H,15,17)(H,19,20). The van der Waals surface area contributed by atoms with Crippen molar-refractivity contribution in [2.75, 3.05) is 0 Å². The van der Waals surface area contributed by atoms with Crippen molar-refractivity contribution in [3.05, 3.63) is 28.1 Å². The zero-order valence-corrected chi connectivity index (χ0v) is 11.6. The summed E-state index contributed by atoms with van der Waals surface area (Å²) in [6.07, 6.45) is 6.18. The lowest BCUT2D eigenvalue weighted by Gasteiger charge is -2.12. The Labute approximate surface area is 123 Å². The molecule has 1 atom stereocenters. The van der Waals surface area contributed by atoms with Gasteiger partial charge in [-0.3, -0.25) is 14.2 Å². The van der Waals surface area contributed by atoms with E-state index >= 15 is 0 Å². The van der Waals surface area contributed by atoms with Gasteiger partial charge in [-0.05, 0) is 11.4 Å². The largest absolute Gasteiger partial charge is 0.480 e. The quantitative estimate of drug-likeness (QED) is 0.760. The van der Waals surface area contributed by atoms with Crippen LogP contribution in [0.3, 0.4) is 0 Å². The van der Waals surface area contributed by atoms with Crippen molar-refractivity contribution in [2.24, 2.45) is 0 Å². The maximum Gasteiger partial charge on any atom is 0.327 e. The summed E-state index contributed by atoms with van der Waals surface area (Å²) in [7, 11) is 0. The fourth-order valence-corrected chi connectivity index (χ4v) is 2.44. The zero-order valence-electron chi connectivity index (χ0n) is 10.8. The predicted molar refractivity (Wildman–Crippen MR) is 76.9 cm³/mol. The van der Waals surface area contributed by atoms with Crippen LogP contribution in [0.2, 0.25) is 0 Å². The number of nitrogens with one attached hydrogen (secondary N) is 1. The highest BCUT2D eigenvalue weighted by atomic mass is 32.1. The number of fused-ring (bicyclic) bond motifs is 1. The second-order valence-electron chi connectivity index (χ2n) is 4.18. The Bertz CT molecular complexity index is 787. The van der Waals surface area contributed by atoms with Gasteiger partial charge in [0.25, 0.3) is 5.56 Å². The van der Waals surface area contributed by atoms with Gasteiger partial charge in [-0.2, -0.15) is 0 Å². The average Bonchev–Trinajstić information content (AvgIpc) is 2.90. The van der Waals surface area contributed by atoms with Crippen LogP contribution < -0.4 is 10.9 Å². The van der Waals surface area contributed by atoms with Crippen molar-refractivity contribution in [3.63, 3.8) is 0 Å². The Kier molecular flexibility index (Phi) is 4.35. The molecule has 2 aromatic rings. The van der Waals surface area contributed by atoms with Gasteiger partial charge in [-0.25, -0.2) is 9.78 Å². The number of carboxylic acids is 1. The highest BCUT2D eigenvalue weighted by Crippen LogP contribution is 2.13. The molecule has 0 aliphatic carbocycles. The van der Waals surface area contributed by atoms with Crippen molar-refractivity contribution >= 4 is 33.4 Å². The summed E-state index contributed by atoms with van der Waals surface area (Å²) in [5, 5.41) is 13.3. The second-order valence-corrected chi connectivity index (χ2v) is 5.08. The third kappa shape index (κ3) is 3.27. The number of terminal acetylenes is 1. The van der Waals surface area contributed by atoms with Crippen LogP contribution in [0.25, 0.3) is 10.2 Å². The molecule has 108 valence electrons. The van der Waals surface area contributed by atoms with E-state index in [0.29, 0.717) is 10.2 Å². The molecular formula is C13H11N3O4S. The molecule has 2 N–H and O–H groups in total. The lowest BCUT2D eigenvalue weighted by atomic mass is 10.2. The molecule has 0 fully saturated rings. The van der Waals surface area contributed by atoms with Gasteiger partial charge in [0.2, 0.25) is 5.91 Å². The number of aromatic nitrogens is 2. The summed E-state index contributed by atoms with van der Waals surface area (Å²) in [5.74, 6) is 0.339. The molecule has 0 spiro atoms. The molecule has 2 heterocycles. The van der Waals surface area contributed by atoms with Crippen LogP contribution in [-0.2, 0) is 16.1 Å². The lowest BCUT2D eigenvalue weighted by Crippen LogP contribution is -2.43. The first kappa shape index (κ1) is 14.7. The van der Waals surface area contributed by atoms with Gasteiger partial charge >= 0.3 is 5.97 Å². The molecule has 0 aliphatic rings. The topological polar surface area (TPSA) is 101 Å². The van der Waals surface area contributed by atoms with Crippen molar-refractivity contribution in [1.29, 1.82) is 0 Å². The molecular weight excluding hydrogens is 294 g/mol. The number of carboxylic acid groups (broad SMARTS) is 1. The minimum absolute atomic E-state index is 0.127. The lowest BCUT2D eigenvalue weighted by molar-refractivity contribution is -0.141. The first-order valence-corrected chi connectivity index (χ1v) is 6.79. The summed E-state index contributed by atoms with van der Waals surface area (Å²) in [6.45, 7) is -0.314. The molecule has 7 nitrogen and oxygen atoms in total. The maximum atomic E-state index is 12.1. The van der Waals surface area contributed by atoms with Gasteiger partial charge in [-0.1, -0.05) is 0 Å². The monoisotopic (exact) mass is 305 g/mol. The fraction of sp³-hybridized carbons (Fsp3) is 0.231. The van der Waals surface area contributed by atoms with Crippen LogP contribution in [0.4, 0.5) is 0 Å². The van der Waals surface area contributed by atoms with Crippen molar-refractivity contribution in [1.82, 2.24) is 14.9 Å². The van der Waals surface area contributed by atoms with Crippen molar-refractivity contribution in [3.8, 4) is 12.3 Å². The number of nitrogens with zero attached hydrogens (tertiary/aromatic N) is 2. The summed E-state index contributed by atoms with van der Waals surface area (Å²) in [4.78, 5) is 39.4. The van der Waals surface area contributed by atoms with Gasteiger partial charge in [0.15, 0.2) is 0 Å². The molecule has 0 aliphatic heterocycles. The van der Waals surface area contributed by atoms with E-state index < -0.39 is 17.9 Å². The third-order valence-corrected chi connectivity index (χ3v) is 3.54. The Morgan fingerprint density at radius 3 is 3.00 bits per heavy atom. The van der Waals surface area contributed by atoms with E-state index in [1.807, 2.05) is 0 Å². The molecule has 0 aromatic carbocycles. The van der Waals surface area contributed by atoms with Crippen molar-refractivity contribution < 1.29 is 14.7 Å². The minimum Gasteiger partial charge on any atom is -0.480 e. The number of rotatable bonds is 5. The zero-order chi connectivity index (χ0) is 15.4. The van der Waals surface area contributed by atoms with Gasteiger partial charge in [0, 0.05) is 6.42 Å². The van der Waals surface area contributed by atoms with Crippen LogP contribution in [0.1, 0.15) is 6.42 Å². The Morgan fingerprint density at radius 2 is 2.33 bits per heavy atom. The van der Waals surface area contributed by atoms with Gasteiger partial charge < -0.3 is 10.4 Å². The van der Waals surface area contributed by atoms with E-state index in [-0.39, 0.29) is 18.5 Å². The Hall–Kier alpha value is -2.66. The van der Waals surface area contributed by atoms with E-state index in [1.165, 1.54) is 17.7 Å². The number of amides is 1. The molecule has 1 unspecified atom stereocenters. The number of carbonyl (C=O) groups excluding carboxylic acids is 1. The first-order valence-electron chi connectivity index (χ1n) is 5.91. The highest BCUT2D eigenvalue weighted by molar-refractivity contribution is 7.16. The summed E-state index contributed by atoms with van der Waals surface area (Å²) < 4.78 is 1.12. The third-order valence-electron chi connectivity index (χ3n) is 2.72. The van der Waals surface area contributed by atoms with E-state index in [4.69, 9.17) is 11.5 Å². The van der Waals surface area contributed by atoms with Crippen LogP contribution >= 0.6 is 11.3 Å². The summed E-state index contributed by atoms with van der Waals surface area (Å²) in [6, 6.07) is 0.457. The molecule has 8 heteroatoms. The summed E-state index contributed by atoms with van der Waals surface area (Å²) >= 11 is 1.33. The molecule has 0 radical (unpaired) electrons. The molecule has 2 rings (SSSR count). The van der Waals surface area contributed by atoms with Crippen LogP contribution in [0, 0.1) is 12.3 Å². The average molecular weight is 305 g/mol. The fourth-order valence-electron chi connectivity index (χ4n) is 1.72. The molecule has 1 amide bonds. The normalized spacial score (nSPS) is 11.8. The van der Waals surface area contributed by atoms with E-state index in [9.17, 15) is 14.4 Å². The number of hydrogen-bond acceptors (Lipinski definition) is 5. The van der Waals surface area contributed by atoms with Gasteiger partial charge in [-0.15, -0.1) is 23.7 Å². The number of hydrogen-bond donors (Lipinski definition) is 2. The molecule has 21 heavy (non-hydrogen) atoms. The van der Waals surface area contributed by atoms with Crippen LogP contribution in [-0.4, -0.2) is 32.6 Å². The molecule has 2 aromatic heterocycles. The number of aliphatic carboxylic acids is 1. The SMILES string of the molecule is C#CCC(NC(=O)Cn1cnc2sccc2c1=O)C(=O)O. The minimum atomic E-state index is -1.22. The Morgan fingerprint density at radius 1 is 1.57 bits per heavy atom. The van der Waals surface area contributed by atoms with E-state index in [1.54, 1.807) is 11.4 Å². The van der Waals surface area contributed by atoms with E-state index in [0.717, 1.165) is 4.57 Å². The predicted octanol–water partition coefficient (Wildman–Crippen LogP) is 0.0507. The Balaban J connectivity index is 2.14. The maximum absolute atomic E-state index is 12.1. The smallest absolute Gasteiger partial charge is 0.327 e. The van der Waals surface area contributed by atoms with Gasteiger partial charge in [0.1, 0.15) is 17.4 Å². The van der Waals surface area contributed by atoms with E-state index in [2.05, 4.69) is 16.2 Å². The van der Waals surface area contributed by atoms with Crippen molar-refractivity contribution in [2.45, 2.75) is 19.0 Å². The van der Waals surface area contributed by atoms with Crippen LogP contribution in [0.15, 0.2) is 22.6 Å². The van der Waals surface area contributed by atoms with Gasteiger partial charge in [0.05, 0.1) is 11.7 Å². The second kappa shape index (κ2) is 6.19. The summed E-state index contributed by atoms with van der Waals surface area (Å²) in [5.41, 5.74) is -0.347. The number of carbonyl (C=O) groups is 2. The number of thiophene rings is 1. The van der Waals surface area contributed by atoms with Crippen LogP contribution in [0.5, 0.6) is 0 Å². The molecule has 0 bridgehead atoms. The highest BCUT2D eigenvalue weighted by Gasteiger charge is 2.19. The first-order chi connectivity index (χ1) is 10.0. The molecule has 0 saturated heterocycles. The molecule has 0 saturated carbocycles.